The van der Waals surface area contributed by atoms with Gasteiger partial charge in [-0.2, -0.15) is 16.4 Å². The molecule has 4 aromatic heterocycles. The van der Waals surface area contributed by atoms with Crippen LogP contribution < -0.4 is 0 Å². The molecule has 0 saturated heterocycles. The standard InChI is InChI=1S/C22H25N5S/c1-14-10-15(17-12-28-13-18(17)20-7-8-23-27(20)4)22-21(24-14)16-11-25(2)9-5-6-19(16)26(22)3/h7-8,10,12-13H,5-6,9,11H2,1-4H3. The molecule has 0 atom stereocenters. The van der Waals surface area contributed by atoms with Crippen molar-refractivity contribution >= 4 is 22.4 Å². The number of rotatable bonds is 2. The first-order valence-electron chi connectivity index (χ1n) is 9.76. The summed E-state index contributed by atoms with van der Waals surface area (Å²) in [6.07, 6.45) is 4.18. The molecule has 5 rings (SSSR count). The number of pyridine rings is 1. The van der Waals surface area contributed by atoms with Gasteiger partial charge in [0.2, 0.25) is 0 Å². The van der Waals surface area contributed by atoms with E-state index in [-0.39, 0.29) is 0 Å². The van der Waals surface area contributed by atoms with Crippen LogP contribution >= 0.6 is 11.3 Å². The van der Waals surface area contributed by atoms with Crippen molar-refractivity contribution in [3.05, 3.63) is 46.0 Å². The average molecular weight is 392 g/mol. The first kappa shape index (κ1) is 17.6. The number of aryl methyl sites for hydroxylation is 3. The van der Waals surface area contributed by atoms with Crippen LogP contribution in [-0.4, -0.2) is 37.8 Å². The summed E-state index contributed by atoms with van der Waals surface area (Å²) < 4.78 is 4.35. The van der Waals surface area contributed by atoms with E-state index < -0.39 is 0 Å². The molecule has 28 heavy (non-hydrogen) atoms. The number of fused-ring (bicyclic) bond motifs is 3. The Bertz CT molecular complexity index is 1180. The Hall–Kier alpha value is -2.44. The Morgan fingerprint density at radius 1 is 1.07 bits per heavy atom. The highest BCUT2D eigenvalue weighted by Crippen LogP contribution is 2.41. The van der Waals surface area contributed by atoms with Gasteiger partial charge in [-0.3, -0.25) is 9.67 Å². The van der Waals surface area contributed by atoms with E-state index in [2.05, 4.69) is 58.5 Å². The smallest absolute Gasteiger partial charge is 0.0938 e. The van der Waals surface area contributed by atoms with E-state index >= 15 is 0 Å². The van der Waals surface area contributed by atoms with Crippen molar-refractivity contribution in [3.8, 4) is 22.4 Å². The fraction of sp³-hybridized carbons (Fsp3) is 0.364. The highest BCUT2D eigenvalue weighted by atomic mass is 32.1. The summed E-state index contributed by atoms with van der Waals surface area (Å²) in [5.41, 5.74) is 11.3. The maximum Gasteiger partial charge on any atom is 0.0938 e. The lowest BCUT2D eigenvalue weighted by molar-refractivity contribution is 0.333. The summed E-state index contributed by atoms with van der Waals surface area (Å²) in [5.74, 6) is 0. The van der Waals surface area contributed by atoms with E-state index in [1.807, 2.05) is 17.9 Å². The molecule has 0 spiro atoms. The van der Waals surface area contributed by atoms with Gasteiger partial charge in [0.25, 0.3) is 0 Å². The van der Waals surface area contributed by atoms with E-state index in [1.165, 1.54) is 45.4 Å². The number of nitrogens with zero attached hydrogens (tertiary/aromatic N) is 5. The van der Waals surface area contributed by atoms with E-state index in [1.54, 1.807) is 11.3 Å². The number of hydrogen-bond donors (Lipinski definition) is 0. The third-order valence-corrected chi connectivity index (χ3v) is 6.67. The van der Waals surface area contributed by atoms with E-state index in [0.717, 1.165) is 30.9 Å². The molecule has 0 aromatic carbocycles. The van der Waals surface area contributed by atoms with E-state index in [0.29, 0.717) is 0 Å². The molecule has 144 valence electrons. The topological polar surface area (TPSA) is 38.9 Å². The molecule has 4 aromatic rings. The molecule has 0 bridgehead atoms. The summed E-state index contributed by atoms with van der Waals surface area (Å²) in [7, 11) is 6.43. The average Bonchev–Trinajstić information content (AvgIpc) is 3.32. The highest BCUT2D eigenvalue weighted by molar-refractivity contribution is 7.08. The lowest BCUT2D eigenvalue weighted by Gasteiger charge is -2.13. The molecule has 0 amide bonds. The molecular weight excluding hydrogens is 366 g/mol. The third kappa shape index (κ3) is 2.63. The zero-order valence-electron chi connectivity index (χ0n) is 16.9. The molecule has 5 heterocycles. The van der Waals surface area contributed by atoms with Gasteiger partial charge in [0.15, 0.2) is 0 Å². The predicted octanol–water partition coefficient (Wildman–Crippen LogP) is 4.39. The third-order valence-electron chi connectivity index (χ3n) is 5.93. The summed E-state index contributed by atoms with van der Waals surface area (Å²) in [6, 6.07) is 4.33. The molecule has 0 aliphatic carbocycles. The molecule has 0 saturated carbocycles. The summed E-state index contributed by atoms with van der Waals surface area (Å²) in [4.78, 5) is 7.42. The lowest BCUT2D eigenvalue weighted by Crippen LogP contribution is -2.17. The first-order chi connectivity index (χ1) is 13.5. The van der Waals surface area contributed by atoms with Crippen LogP contribution in [0.15, 0.2) is 29.1 Å². The number of aromatic nitrogens is 4. The fourth-order valence-corrected chi connectivity index (χ4v) is 5.43. The molecule has 0 radical (unpaired) electrons. The van der Waals surface area contributed by atoms with Gasteiger partial charge in [-0.1, -0.05) is 0 Å². The molecule has 0 N–H and O–H groups in total. The molecular formula is C22H25N5S. The van der Waals surface area contributed by atoms with Crippen LogP contribution in [0.5, 0.6) is 0 Å². The van der Waals surface area contributed by atoms with Crippen molar-refractivity contribution in [3.63, 3.8) is 0 Å². The SMILES string of the molecule is Cc1cc(-c2cscc2-c2ccnn2C)c2c(n1)c1c(n2C)CCCN(C)C1. The van der Waals surface area contributed by atoms with Gasteiger partial charge >= 0.3 is 0 Å². The first-order valence-corrected chi connectivity index (χ1v) is 10.7. The summed E-state index contributed by atoms with van der Waals surface area (Å²) >= 11 is 1.75. The quantitative estimate of drug-likeness (QED) is 0.509. The van der Waals surface area contributed by atoms with Crippen molar-refractivity contribution in [1.29, 1.82) is 0 Å². The van der Waals surface area contributed by atoms with Crippen LogP contribution in [0.3, 0.4) is 0 Å². The molecule has 6 heteroatoms. The summed E-state index contributed by atoms with van der Waals surface area (Å²) in [5, 5.41) is 8.87. The number of hydrogen-bond acceptors (Lipinski definition) is 4. The molecule has 0 unspecified atom stereocenters. The van der Waals surface area contributed by atoms with Gasteiger partial charge in [0, 0.05) is 65.9 Å². The van der Waals surface area contributed by atoms with Gasteiger partial charge in [0.05, 0.1) is 16.7 Å². The molecule has 0 fully saturated rings. The second kappa shape index (κ2) is 6.57. The van der Waals surface area contributed by atoms with Crippen LogP contribution in [0, 0.1) is 6.92 Å². The van der Waals surface area contributed by atoms with Gasteiger partial charge in [-0.25, -0.2) is 0 Å². The van der Waals surface area contributed by atoms with Crippen LogP contribution in [-0.2, 0) is 27.1 Å². The monoisotopic (exact) mass is 391 g/mol. The zero-order valence-corrected chi connectivity index (χ0v) is 17.7. The second-order valence-corrected chi connectivity index (χ2v) is 8.62. The van der Waals surface area contributed by atoms with Crippen molar-refractivity contribution in [1.82, 2.24) is 24.2 Å². The number of thiophene rings is 1. The van der Waals surface area contributed by atoms with Gasteiger partial charge in [0.1, 0.15) is 0 Å². The van der Waals surface area contributed by atoms with Crippen molar-refractivity contribution in [2.75, 3.05) is 13.6 Å². The molecule has 5 nitrogen and oxygen atoms in total. The van der Waals surface area contributed by atoms with E-state index in [9.17, 15) is 0 Å². The summed E-state index contributed by atoms with van der Waals surface area (Å²) in [6.45, 7) is 4.23. The van der Waals surface area contributed by atoms with Gasteiger partial charge in [-0.05, 0) is 50.9 Å². The lowest BCUT2D eigenvalue weighted by atomic mass is 10.0. The Labute approximate surface area is 169 Å². The highest BCUT2D eigenvalue weighted by Gasteiger charge is 2.24. The van der Waals surface area contributed by atoms with Gasteiger partial charge < -0.3 is 9.47 Å². The van der Waals surface area contributed by atoms with Gasteiger partial charge in [-0.15, -0.1) is 0 Å². The Morgan fingerprint density at radius 2 is 1.89 bits per heavy atom. The normalized spacial score (nSPS) is 15.1. The van der Waals surface area contributed by atoms with Crippen molar-refractivity contribution in [2.24, 2.45) is 14.1 Å². The fourth-order valence-electron chi connectivity index (χ4n) is 4.59. The largest absolute Gasteiger partial charge is 0.346 e. The predicted molar refractivity (Wildman–Crippen MR) is 116 cm³/mol. The zero-order chi connectivity index (χ0) is 19.4. The maximum absolute atomic E-state index is 5.00. The Balaban J connectivity index is 1.80. The minimum Gasteiger partial charge on any atom is -0.346 e. The minimum atomic E-state index is 0.973. The Morgan fingerprint density at radius 3 is 2.68 bits per heavy atom. The van der Waals surface area contributed by atoms with Crippen LogP contribution in [0.1, 0.15) is 23.4 Å². The van der Waals surface area contributed by atoms with Crippen molar-refractivity contribution in [2.45, 2.75) is 26.3 Å². The second-order valence-electron chi connectivity index (χ2n) is 7.87. The van der Waals surface area contributed by atoms with Crippen molar-refractivity contribution < 1.29 is 0 Å². The van der Waals surface area contributed by atoms with E-state index in [4.69, 9.17) is 4.98 Å². The minimum absolute atomic E-state index is 0.973. The maximum atomic E-state index is 5.00. The van der Waals surface area contributed by atoms with Crippen LogP contribution in [0.25, 0.3) is 33.4 Å². The molecule has 1 aliphatic rings. The Kier molecular flexibility index (Phi) is 4.14. The molecule has 1 aliphatic heterocycles. The van der Waals surface area contributed by atoms with Crippen LogP contribution in [0.2, 0.25) is 0 Å². The van der Waals surface area contributed by atoms with Crippen LogP contribution in [0.4, 0.5) is 0 Å².